The average Bonchev–Trinajstić information content (AvgIpc) is 2.32. The van der Waals surface area contributed by atoms with Crippen molar-refractivity contribution < 1.29 is 13.2 Å². The van der Waals surface area contributed by atoms with E-state index < -0.39 is 16.1 Å². The summed E-state index contributed by atoms with van der Waals surface area (Å²) in [6.07, 6.45) is 1.42. The topological polar surface area (TPSA) is 105 Å². The summed E-state index contributed by atoms with van der Waals surface area (Å²) in [5.41, 5.74) is 5.58. The van der Waals surface area contributed by atoms with E-state index in [-0.39, 0.29) is 23.2 Å². The van der Waals surface area contributed by atoms with Crippen LogP contribution in [0.2, 0.25) is 0 Å². The Labute approximate surface area is 105 Å². The molecule has 1 aromatic rings. The van der Waals surface area contributed by atoms with E-state index in [1.54, 1.807) is 6.92 Å². The van der Waals surface area contributed by atoms with Crippen molar-refractivity contribution in [2.24, 2.45) is 0 Å². The first-order valence-corrected chi connectivity index (χ1v) is 6.88. The third kappa shape index (κ3) is 2.04. The second kappa shape index (κ2) is 4.54. The predicted molar refractivity (Wildman–Crippen MR) is 65.0 cm³/mol. The van der Waals surface area contributed by atoms with Gasteiger partial charge in [0.05, 0.1) is 0 Å². The molecule has 2 heterocycles. The summed E-state index contributed by atoms with van der Waals surface area (Å²) in [6.45, 7) is 2.06. The Morgan fingerprint density at radius 1 is 1.56 bits per heavy atom. The van der Waals surface area contributed by atoms with E-state index in [1.165, 1.54) is 18.3 Å². The Bertz CT molecular complexity index is 572. The zero-order valence-corrected chi connectivity index (χ0v) is 10.6. The summed E-state index contributed by atoms with van der Waals surface area (Å²) in [5, 5.41) is 2.61. The molecule has 1 saturated heterocycles. The molecule has 2 rings (SSSR count). The van der Waals surface area contributed by atoms with Crippen molar-refractivity contribution in [1.29, 1.82) is 0 Å². The maximum absolute atomic E-state index is 12.4. The first-order chi connectivity index (χ1) is 8.44. The van der Waals surface area contributed by atoms with E-state index in [2.05, 4.69) is 10.3 Å². The van der Waals surface area contributed by atoms with E-state index in [4.69, 9.17) is 5.73 Å². The highest BCUT2D eigenvalue weighted by Crippen LogP contribution is 2.22. The van der Waals surface area contributed by atoms with Gasteiger partial charge in [-0.2, -0.15) is 4.31 Å². The molecule has 0 aliphatic carbocycles. The molecule has 3 N–H and O–H groups in total. The maximum atomic E-state index is 12.4. The number of nitrogens with two attached hydrogens (primary N) is 1. The van der Waals surface area contributed by atoms with Crippen LogP contribution in [0, 0.1) is 0 Å². The lowest BCUT2D eigenvalue weighted by Crippen LogP contribution is -2.55. The van der Waals surface area contributed by atoms with E-state index in [0.29, 0.717) is 6.54 Å². The van der Waals surface area contributed by atoms with E-state index in [9.17, 15) is 13.2 Å². The first kappa shape index (κ1) is 12.8. The number of anilines is 1. The number of aromatic nitrogens is 1. The number of hydrogen-bond acceptors (Lipinski definition) is 5. The molecule has 0 bridgehead atoms. The fraction of sp³-hybridized carbons (Fsp3) is 0.400. The number of amides is 1. The van der Waals surface area contributed by atoms with Crippen LogP contribution in [0.15, 0.2) is 23.2 Å². The summed E-state index contributed by atoms with van der Waals surface area (Å²) < 4.78 is 25.9. The molecule has 1 amide bonds. The Kier molecular flexibility index (Phi) is 3.22. The molecule has 1 aliphatic rings. The fourth-order valence-corrected chi connectivity index (χ4v) is 3.50. The normalized spacial score (nSPS) is 21.6. The zero-order valence-electron chi connectivity index (χ0n) is 9.83. The number of nitrogens with zero attached hydrogens (tertiary/aromatic N) is 2. The molecule has 0 spiro atoms. The first-order valence-electron chi connectivity index (χ1n) is 5.44. The van der Waals surface area contributed by atoms with Gasteiger partial charge in [-0.3, -0.25) is 4.79 Å². The van der Waals surface area contributed by atoms with Crippen molar-refractivity contribution in [2.45, 2.75) is 17.9 Å². The van der Waals surface area contributed by atoms with Gasteiger partial charge in [-0.25, -0.2) is 13.4 Å². The highest BCUT2D eigenvalue weighted by molar-refractivity contribution is 7.89. The molecule has 1 unspecified atom stereocenters. The number of rotatable bonds is 2. The Balaban J connectivity index is 2.43. The van der Waals surface area contributed by atoms with Gasteiger partial charge in [0.15, 0.2) is 0 Å². The molecular weight excluding hydrogens is 256 g/mol. The molecule has 0 saturated carbocycles. The molecule has 1 fully saturated rings. The number of nitrogen functional groups attached to an aromatic ring is 1. The van der Waals surface area contributed by atoms with Crippen molar-refractivity contribution in [3.05, 3.63) is 18.3 Å². The highest BCUT2D eigenvalue weighted by Gasteiger charge is 2.36. The summed E-state index contributed by atoms with van der Waals surface area (Å²) in [6, 6.07) is 2.14. The third-order valence-corrected chi connectivity index (χ3v) is 4.85. The molecule has 98 valence electrons. The number of nitrogens with one attached hydrogen (secondary N) is 1. The number of carbonyl (C=O) groups is 1. The predicted octanol–water partition coefficient (Wildman–Crippen LogP) is -0.827. The van der Waals surface area contributed by atoms with Crippen LogP contribution < -0.4 is 11.1 Å². The van der Waals surface area contributed by atoms with Gasteiger partial charge in [-0.1, -0.05) is 0 Å². The number of carbonyl (C=O) groups excluding carboxylic acids is 1. The number of pyridine rings is 1. The minimum absolute atomic E-state index is 0.0596. The smallest absolute Gasteiger partial charge is 0.247 e. The van der Waals surface area contributed by atoms with Gasteiger partial charge in [0.1, 0.15) is 16.8 Å². The summed E-state index contributed by atoms with van der Waals surface area (Å²) in [7, 11) is -3.79. The van der Waals surface area contributed by atoms with Gasteiger partial charge in [-0.15, -0.1) is 0 Å². The molecule has 18 heavy (non-hydrogen) atoms. The lowest BCUT2D eigenvalue weighted by Gasteiger charge is -2.31. The van der Waals surface area contributed by atoms with Gasteiger partial charge < -0.3 is 11.1 Å². The zero-order chi connectivity index (χ0) is 13.3. The molecule has 8 heteroatoms. The average molecular weight is 270 g/mol. The van der Waals surface area contributed by atoms with Crippen LogP contribution in [0.4, 0.5) is 5.82 Å². The molecule has 1 aliphatic heterocycles. The molecule has 1 aromatic heterocycles. The van der Waals surface area contributed by atoms with E-state index in [0.717, 1.165) is 4.31 Å². The number of hydrogen-bond donors (Lipinski definition) is 2. The van der Waals surface area contributed by atoms with Crippen LogP contribution in [0.5, 0.6) is 0 Å². The second-order valence-corrected chi connectivity index (χ2v) is 5.83. The van der Waals surface area contributed by atoms with Crippen LogP contribution in [-0.4, -0.2) is 42.7 Å². The standard InChI is InChI=1S/C10H14N4O3S/c1-7-10(15)13-5-6-14(7)18(16,17)8-3-2-4-12-9(8)11/h2-4,7H,5-6H2,1H3,(H2,11,12)(H,13,15). The van der Waals surface area contributed by atoms with Crippen LogP contribution in [0.25, 0.3) is 0 Å². The second-order valence-electron chi connectivity index (χ2n) is 3.97. The largest absolute Gasteiger partial charge is 0.383 e. The van der Waals surface area contributed by atoms with E-state index >= 15 is 0 Å². The fourth-order valence-electron chi connectivity index (χ4n) is 1.84. The molecule has 1 atom stereocenters. The third-order valence-electron chi connectivity index (χ3n) is 2.83. The van der Waals surface area contributed by atoms with Crippen molar-refractivity contribution in [3.63, 3.8) is 0 Å². The van der Waals surface area contributed by atoms with Gasteiger partial charge in [0.2, 0.25) is 15.9 Å². The van der Waals surface area contributed by atoms with Crippen molar-refractivity contribution in [1.82, 2.24) is 14.6 Å². The van der Waals surface area contributed by atoms with Gasteiger partial charge in [0, 0.05) is 19.3 Å². The SMILES string of the molecule is CC1C(=O)NCCN1S(=O)(=O)c1cccnc1N. The quantitative estimate of drug-likeness (QED) is 0.730. The maximum Gasteiger partial charge on any atom is 0.247 e. The van der Waals surface area contributed by atoms with Gasteiger partial charge in [-0.05, 0) is 19.1 Å². The van der Waals surface area contributed by atoms with Crippen LogP contribution in [0.1, 0.15) is 6.92 Å². The van der Waals surface area contributed by atoms with Crippen LogP contribution in [0.3, 0.4) is 0 Å². The molecule has 0 aromatic carbocycles. The van der Waals surface area contributed by atoms with E-state index in [1.807, 2.05) is 0 Å². The number of sulfonamides is 1. The highest BCUT2D eigenvalue weighted by atomic mass is 32.2. The van der Waals surface area contributed by atoms with Crippen molar-refractivity contribution in [2.75, 3.05) is 18.8 Å². The Morgan fingerprint density at radius 3 is 2.94 bits per heavy atom. The lowest BCUT2D eigenvalue weighted by atomic mass is 10.2. The summed E-state index contributed by atoms with van der Waals surface area (Å²) in [5.74, 6) is -0.372. The summed E-state index contributed by atoms with van der Waals surface area (Å²) in [4.78, 5) is 15.2. The lowest BCUT2D eigenvalue weighted by molar-refractivity contribution is -0.126. The molecule has 7 nitrogen and oxygen atoms in total. The molecule has 0 radical (unpaired) electrons. The summed E-state index contributed by atoms with van der Waals surface area (Å²) >= 11 is 0. The monoisotopic (exact) mass is 270 g/mol. The Morgan fingerprint density at radius 2 is 2.28 bits per heavy atom. The minimum atomic E-state index is -3.79. The van der Waals surface area contributed by atoms with Gasteiger partial charge in [0.25, 0.3) is 0 Å². The molecular formula is C10H14N4O3S. The van der Waals surface area contributed by atoms with Crippen molar-refractivity contribution >= 4 is 21.7 Å². The van der Waals surface area contributed by atoms with Crippen LogP contribution in [-0.2, 0) is 14.8 Å². The van der Waals surface area contributed by atoms with Gasteiger partial charge >= 0.3 is 0 Å². The minimum Gasteiger partial charge on any atom is -0.383 e. The number of piperazine rings is 1. The van der Waals surface area contributed by atoms with Crippen molar-refractivity contribution in [3.8, 4) is 0 Å². The van der Waals surface area contributed by atoms with Crippen LogP contribution >= 0.6 is 0 Å². The Hall–Kier alpha value is -1.67.